The van der Waals surface area contributed by atoms with Gasteiger partial charge in [0.1, 0.15) is 10.7 Å². The van der Waals surface area contributed by atoms with Crippen LogP contribution in [0.2, 0.25) is 0 Å². The van der Waals surface area contributed by atoms with Crippen molar-refractivity contribution in [3.63, 3.8) is 0 Å². The normalized spacial score (nSPS) is 9.60. The number of pyridine rings is 1. The van der Waals surface area contributed by atoms with E-state index in [9.17, 15) is 0 Å². The van der Waals surface area contributed by atoms with Gasteiger partial charge in [-0.1, -0.05) is 6.07 Å². The Hall–Kier alpha value is -1.80. The number of nitrogens with zero attached hydrogens (tertiary/aromatic N) is 4. The summed E-state index contributed by atoms with van der Waals surface area (Å²) in [6.45, 7) is 0. The minimum Gasteiger partial charge on any atom is -0.241 e. The third kappa shape index (κ3) is 2.17. The summed E-state index contributed by atoms with van der Waals surface area (Å²) in [6.07, 6.45) is 3.17. The van der Waals surface area contributed by atoms with Crippen LogP contribution in [0, 0.1) is 11.3 Å². The maximum Gasteiger partial charge on any atom is 0.232 e. The lowest BCUT2D eigenvalue weighted by Gasteiger charge is -1.99. The summed E-state index contributed by atoms with van der Waals surface area (Å²) in [6, 6.07) is 7.44. The maximum absolute atomic E-state index is 8.55. The summed E-state index contributed by atoms with van der Waals surface area (Å²) < 4.78 is 0.754. The lowest BCUT2D eigenvalue weighted by molar-refractivity contribution is 1.11. The Balaban J connectivity index is 2.42. The van der Waals surface area contributed by atoms with Crippen LogP contribution >= 0.6 is 15.9 Å². The first kappa shape index (κ1) is 9.74. The zero-order valence-corrected chi connectivity index (χ0v) is 9.14. The van der Waals surface area contributed by atoms with Crippen LogP contribution in [0.5, 0.6) is 0 Å². The molecule has 0 aliphatic heterocycles. The number of rotatable bonds is 1. The van der Waals surface area contributed by atoms with Crippen molar-refractivity contribution in [2.24, 2.45) is 0 Å². The Morgan fingerprint density at radius 2 is 1.93 bits per heavy atom. The van der Waals surface area contributed by atoms with E-state index >= 15 is 0 Å². The van der Waals surface area contributed by atoms with E-state index in [1.807, 2.05) is 24.3 Å². The van der Waals surface area contributed by atoms with E-state index < -0.39 is 0 Å². The number of nitriles is 1. The molecule has 0 aliphatic carbocycles. The van der Waals surface area contributed by atoms with Gasteiger partial charge in [-0.15, -0.1) is 0 Å². The molecule has 2 aromatic heterocycles. The van der Waals surface area contributed by atoms with Crippen molar-refractivity contribution in [1.82, 2.24) is 15.0 Å². The molecule has 0 unspecified atom stereocenters. The van der Waals surface area contributed by atoms with Gasteiger partial charge in [0.05, 0.1) is 5.69 Å². The number of hydrogen-bond donors (Lipinski definition) is 0. The van der Waals surface area contributed by atoms with E-state index in [0.29, 0.717) is 0 Å². The second-order valence-corrected chi connectivity index (χ2v) is 3.57. The van der Waals surface area contributed by atoms with Crippen molar-refractivity contribution >= 4 is 15.9 Å². The van der Waals surface area contributed by atoms with Gasteiger partial charge in [-0.3, -0.25) is 0 Å². The Bertz CT molecular complexity index is 516. The number of aromatic nitrogens is 3. The number of hydrogen-bond acceptors (Lipinski definition) is 4. The third-order valence-corrected chi connectivity index (χ3v) is 2.20. The van der Waals surface area contributed by atoms with Gasteiger partial charge < -0.3 is 0 Å². The van der Waals surface area contributed by atoms with Gasteiger partial charge in [0, 0.05) is 18.0 Å². The van der Waals surface area contributed by atoms with Crippen LogP contribution in [0.4, 0.5) is 0 Å². The summed E-state index contributed by atoms with van der Waals surface area (Å²) >= 11 is 3.28. The van der Waals surface area contributed by atoms with Crippen molar-refractivity contribution in [3.05, 3.63) is 41.0 Å². The van der Waals surface area contributed by atoms with Crippen LogP contribution in [0.15, 0.2) is 35.2 Å². The predicted octanol–water partition coefficient (Wildman–Crippen LogP) is 2.17. The highest BCUT2D eigenvalue weighted by Crippen LogP contribution is 2.17. The molecule has 0 saturated carbocycles. The van der Waals surface area contributed by atoms with E-state index in [0.717, 1.165) is 15.9 Å². The fraction of sp³-hybridized carbons (Fsp3) is 0. The van der Waals surface area contributed by atoms with Gasteiger partial charge in [0.25, 0.3) is 0 Å². The molecule has 15 heavy (non-hydrogen) atoms. The lowest BCUT2D eigenvalue weighted by Crippen LogP contribution is -1.90. The van der Waals surface area contributed by atoms with Crippen molar-refractivity contribution in [3.8, 4) is 17.3 Å². The van der Waals surface area contributed by atoms with E-state index in [-0.39, 0.29) is 5.82 Å². The number of halogens is 1. The van der Waals surface area contributed by atoms with Gasteiger partial charge in [-0.25, -0.2) is 15.0 Å². The summed E-state index contributed by atoms with van der Waals surface area (Å²) in [4.78, 5) is 12.0. The van der Waals surface area contributed by atoms with Crippen molar-refractivity contribution in [2.45, 2.75) is 0 Å². The van der Waals surface area contributed by atoms with Crippen LogP contribution in [-0.4, -0.2) is 15.0 Å². The molecular weight excluding hydrogens is 256 g/mol. The summed E-state index contributed by atoms with van der Waals surface area (Å²) in [5.74, 6) is 0.161. The monoisotopic (exact) mass is 260 g/mol. The second-order valence-electron chi connectivity index (χ2n) is 2.75. The fourth-order valence-corrected chi connectivity index (χ4v) is 1.43. The predicted molar refractivity (Wildman–Crippen MR) is 57.7 cm³/mol. The molecule has 0 radical (unpaired) electrons. The molecule has 0 bridgehead atoms. The van der Waals surface area contributed by atoms with Crippen LogP contribution in [0.1, 0.15) is 5.82 Å². The van der Waals surface area contributed by atoms with Gasteiger partial charge in [0.15, 0.2) is 0 Å². The quantitative estimate of drug-likeness (QED) is 0.738. The smallest absolute Gasteiger partial charge is 0.232 e. The molecule has 0 N–H and O–H groups in total. The molecule has 2 rings (SSSR count). The third-order valence-electron chi connectivity index (χ3n) is 1.76. The maximum atomic E-state index is 8.55. The average molecular weight is 261 g/mol. The molecule has 5 heteroatoms. The zero-order chi connectivity index (χ0) is 10.7. The van der Waals surface area contributed by atoms with Crippen molar-refractivity contribution in [1.29, 1.82) is 5.26 Å². The van der Waals surface area contributed by atoms with Crippen LogP contribution in [-0.2, 0) is 0 Å². The Morgan fingerprint density at radius 3 is 2.53 bits per heavy atom. The minimum atomic E-state index is 0.161. The highest BCUT2D eigenvalue weighted by atomic mass is 79.9. The molecule has 0 amide bonds. The molecule has 0 atom stereocenters. The fourth-order valence-electron chi connectivity index (χ4n) is 1.09. The molecule has 0 aromatic carbocycles. The first-order valence-corrected chi connectivity index (χ1v) is 4.94. The van der Waals surface area contributed by atoms with E-state index in [2.05, 4.69) is 30.9 Å². The van der Waals surface area contributed by atoms with Gasteiger partial charge in [-0.2, -0.15) is 5.26 Å². The SMILES string of the molecule is N#Cc1ncc(-c2cccc(Br)n2)cn1. The van der Waals surface area contributed by atoms with Gasteiger partial charge in [-0.05, 0) is 28.1 Å². The summed E-state index contributed by atoms with van der Waals surface area (Å²) in [5.41, 5.74) is 1.56. The highest BCUT2D eigenvalue weighted by molar-refractivity contribution is 9.10. The lowest BCUT2D eigenvalue weighted by atomic mass is 10.2. The molecule has 2 aromatic rings. The van der Waals surface area contributed by atoms with Crippen LogP contribution in [0.25, 0.3) is 11.3 Å². The summed E-state index contributed by atoms with van der Waals surface area (Å²) in [7, 11) is 0. The standard InChI is InChI=1S/C10H5BrN4/c11-9-3-1-2-8(15-9)7-5-13-10(4-12)14-6-7/h1-3,5-6H. The second kappa shape index (κ2) is 4.15. The molecular formula is C10H5BrN4. The molecule has 4 nitrogen and oxygen atoms in total. The topological polar surface area (TPSA) is 62.5 Å². The zero-order valence-electron chi connectivity index (χ0n) is 7.55. The minimum absolute atomic E-state index is 0.161. The van der Waals surface area contributed by atoms with Crippen LogP contribution in [0.3, 0.4) is 0 Å². The summed E-state index contributed by atoms with van der Waals surface area (Å²) in [5, 5.41) is 8.55. The van der Waals surface area contributed by atoms with Crippen molar-refractivity contribution in [2.75, 3.05) is 0 Å². The van der Waals surface area contributed by atoms with Crippen LogP contribution < -0.4 is 0 Å². The van der Waals surface area contributed by atoms with Crippen molar-refractivity contribution < 1.29 is 0 Å². The largest absolute Gasteiger partial charge is 0.241 e. The molecule has 72 valence electrons. The molecule has 0 fully saturated rings. The Kier molecular flexibility index (Phi) is 2.70. The molecule has 0 saturated heterocycles. The molecule has 0 aliphatic rings. The Morgan fingerprint density at radius 1 is 1.20 bits per heavy atom. The first-order chi connectivity index (χ1) is 7.29. The van der Waals surface area contributed by atoms with E-state index in [1.165, 1.54) is 0 Å². The van der Waals surface area contributed by atoms with E-state index in [4.69, 9.17) is 5.26 Å². The van der Waals surface area contributed by atoms with Gasteiger partial charge >= 0.3 is 0 Å². The molecule has 2 heterocycles. The highest BCUT2D eigenvalue weighted by Gasteiger charge is 2.01. The average Bonchev–Trinajstić information content (AvgIpc) is 2.29. The molecule has 0 spiro atoms. The van der Waals surface area contributed by atoms with Gasteiger partial charge in [0.2, 0.25) is 5.82 Å². The Labute approximate surface area is 94.8 Å². The van der Waals surface area contributed by atoms with E-state index in [1.54, 1.807) is 12.4 Å². The first-order valence-electron chi connectivity index (χ1n) is 4.14.